The first-order chi connectivity index (χ1) is 14.8. The number of imidazole rings is 1. The number of aromatic carboxylic acids is 1. The summed E-state index contributed by atoms with van der Waals surface area (Å²) in [6.45, 7) is 0.683. The molecule has 1 unspecified atom stereocenters. The van der Waals surface area contributed by atoms with Gasteiger partial charge in [-0.05, 0) is 25.0 Å². The second-order valence-corrected chi connectivity index (χ2v) is 7.54. The summed E-state index contributed by atoms with van der Waals surface area (Å²) in [6, 6.07) is -0.766. The number of carbonyl (C=O) groups excluding carboxylic acids is 1. The van der Waals surface area contributed by atoms with Crippen LogP contribution in [0.3, 0.4) is 0 Å². The zero-order valence-electron chi connectivity index (χ0n) is 16.6. The van der Waals surface area contributed by atoms with Gasteiger partial charge in [0.25, 0.3) is 0 Å². The van der Waals surface area contributed by atoms with Crippen LogP contribution in [0.5, 0.6) is 0 Å². The standard InChI is InChI=1S/C19H18F6N4O3/c1-8-6-29-14(16(17(31)32)27-18(29)19(23,24)25)7-28(8)15(30)4-10(26)2-9-3-12(21)13(22)5-11(9)20/h3,5,8,10H,2,4,6-7,26H2,1H3,(H,31,32)/t8?,10-/m1/s1. The van der Waals surface area contributed by atoms with Crippen molar-refractivity contribution in [2.24, 2.45) is 5.73 Å². The van der Waals surface area contributed by atoms with Crippen LogP contribution in [0.1, 0.15) is 40.9 Å². The highest BCUT2D eigenvalue weighted by Crippen LogP contribution is 2.33. The Bertz CT molecular complexity index is 1070. The Morgan fingerprint density at radius 3 is 2.44 bits per heavy atom. The molecule has 1 amide bonds. The van der Waals surface area contributed by atoms with Gasteiger partial charge in [0.1, 0.15) is 5.82 Å². The van der Waals surface area contributed by atoms with E-state index in [1.54, 1.807) is 0 Å². The number of benzene rings is 1. The number of nitrogens with zero attached hydrogens (tertiary/aromatic N) is 3. The minimum atomic E-state index is -4.88. The van der Waals surface area contributed by atoms with Crippen LogP contribution in [0.2, 0.25) is 0 Å². The Morgan fingerprint density at radius 2 is 1.84 bits per heavy atom. The zero-order chi connectivity index (χ0) is 24.0. The number of rotatable bonds is 5. The van der Waals surface area contributed by atoms with Gasteiger partial charge in [0.05, 0.1) is 12.2 Å². The number of aromatic nitrogens is 2. The molecule has 0 saturated heterocycles. The van der Waals surface area contributed by atoms with Gasteiger partial charge in [0.2, 0.25) is 11.7 Å². The summed E-state index contributed by atoms with van der Waals surface area (Å²) >= 11 is 0. The van der Waals surface area contributed by atoms with E-state index in [1.807, 2.05) is 0 Å². The van der Waals surface area contributed by atoms with Crippen LogP contribution < -0.4 is 5.73 Å². The van der Waals surface area contributed by atoms with E-state index in [-0.39, 0.29) is 30.6 Å². The number of carbonyl (C=O) groups is 2. The van der Waals surface area contributed by atoms with Crippen molar-refractivity contribution in [3.05, 3.63) is 52.4 Å². The van der Waals surface area contributed by atoms with E-state index in [9.17, 15) is 41.0 Å². The largest absolute Gasteiger partial charge is 0.476 e. The van der Waals surface area contributed by atoms with E-state index in [0.29, 0.717) is 12.1 Å². The van der Waals surface area contributed by atoms with Gasteiger partial charge in [-0.15, -0.1) is 0 Å². The van der Waals surface area contributed by atoms with Crippen molar-refractivity contribution in [2.45, 2.75) is 51.1 Å². The molecule has 0 aliphatic carbocycles. The summed E-state index contributed by atoms with van der Waals surface area (Å²) < 4.78 is 80.7. The Hall–Kier alpha value is -3.09. The lowest BCUT2D eigenvalue weighted by Gasteiger charge is -2.36. The Kier molecular flexibility index (Phi) is 6.22. The fourth-order valence-corrected chi connectivity index (χ4v) is 3.66. The predicted octanol–water partition coefficient (Wildman–Crippen LogP) is 2.71. The normalized spacial score (nSPS) is 17.2. The lowest BCUT2D eigenvalue weighted by Crippen LogP contribution is -2.47. The zero-order valence-corrected chi connectivity index (χ0v) is 16.6. The summed E-state index contributed by atoms with van der Waals surface area (Å²) in [5, 5.41) is 9.23. The molecule has 1 aromatic heterocycles. The third-order valence-electron chi connectivity index (χ3n) is 5.16. The third-order valence-corrected chi connectivity index (χ3v) is 5.16. The molecule has 3 rings (SSSR count). The third kappa shape index (κ3) is 4.56. The first-order valence-corrected chi connectivity index (χ1v) is 9.38. The monoisotopic (exact) mass is 464 g/mol. The van der Waals surface area contributed by atoms with Crippen LogP contribution in [0.4, 0.5) is 26.3 Å². The minimum Gasteiger partial charge on any atom is -0.476 e. The predicted molar refractivity (Wildman–Crippen MR) is 96.8 cm³/mol. The summed E-state index contributed by atoms with van der Waals surface area (Å²) in [4.78, 5) is 28.5. The van der Waals surface area contributed by atoms with Crippen molar-refractivity contribution in [2.75, 3.05) is 0 Å². The quantitative estimate of drug-likeness (QED) is 0.524. The molecule has 32 heavy (non-hydrogen) atoms. The van der Waals surface area contributed by atoms with Crippen LogP contribution in [-0.2, 0) is 30.5 Å². The van der Waals surface area contributed by atoms with E-state index in [0.717, 1.165) is 9.47 Å². The van der Waals surface area contributed by atoms with Gasteiger partial charge < -0.3 is 20.3 Å². The van der Waals surface area contributed by atoms with Crippen molar-refractivity contribution in [3.63, 3.8) is 0 Å². The molecule has 13 heteroatoms. The van der Waals surface area contributed by atoms with E-state index in [2.05, 4.69) is 4.98 Å². The van der Waals surface area contributed by atoms with Crippen molar-refractivity contribution in [3.8, 4) is 0 Å². The van der Waals surface area contributed by atoms with Crippen molar-refractivity contribution in [1.82, 2.24) is 14.5 Å². The molecule has 1 aliphatic heterocycles. The van der Waals surface area contributed by atoms with Crippen molar-refractivity contribution >= 4 is 11.9 Å². The molecule has 7 nitrogen and oxygen atoms in total. The summed E-state index contributed by atoms with van der Waals surface area (Å²) in [5.41, 5.74) is 4.53. The highest BCUT2D eigenvalue weighted by atomic mass is 19.4. The van der Waals surface area contributed by atoms with Crippen LogP contribution in [0, 0.1) is 17.5 Å². The molecule has 0 spiro atoms. The van der Waals surface area contributed by atoms with Gasteiger partial charge in [-0.3, -0.25) is 4.79 Å². The molecule has 0 saturated carbocycles. The number of hydrogen-bond acceptors (Lipinski definition) is 4. The van der Waals surface area contributed by atoms with Gasteiger partial charge in [-0.2, -0.15) is 13.2 Å². The van der Waals surface area contributed by atoms with Crippen LogP contribution in [0.25, 0.3) is 0 Å². The van der Waals surface area contributed by atoms with Gasteiger partial charge in [0.15, 0.2) is 17.3 Å². The minimum absolute atomic E-state index is 0.239. The maximum absolute atomic E-state index is 13.8. The summed E-state index contributed by atoms with van der Waals surface area (Å²) in [6.07, 6.45) is -5.57. The lowest BCUT2D eigenvalue weighted by molar-refractivity contribution is -0.148. The first-order valence-electron chi connectivity index (χ1n) is 9.38. The Labute approximate surface area is 177 Å². The van der Waals surface area contributed by atoms with Gasteiger partial charge in [-0.25, -0.2) is 22.9 Å². The SMILES string of the molecule is CC1Cn2c(C(F)(F)F)nc(C(=O)O)c2CN1C(=O)C[C@H](N)Cc1cc(F)c(F)cc1F. The first kappa shape index (κ1) is 23.6. The second-order valence-electron chi connectivity index (χ2n) is 7.54. The van der Waals surface area contributed by atoms with Crippen molar-refractivity contribution in [1.29, 1.82) is 0 Å². The number of carboxylic acid groups (broad SMARTS) is 1. The highest BCUT2D eigenvalue weighted by molar-refractivity contribution is 5.87. The molecule has 0 bridgehead atoms. The molecular formula is C19H18F6N4O3. The van der Waals surface area contributed by atoms with E-state index < -0.39 is 65.7 Å². The highest BCUT2D eigenvalue weighted by Gasteiger charge is 2.43. The van der Waals surface area contributed by atoms with Crippen LogP contribution in [0.15, 0.2) is 12.1 Å². The summed E-state index contributed by atoms with van der Waals surface area (Å²) in [7, 11) is 0. The second kappa shape index (κ2) is 8.45. The van der Waals surface area contributed by atoms with E-state index >= 15 is 0 Å². The number of hydrogen-bond donors (Lipinski definition) is 2. The molecule has 2 heterocycles. The number of amides is 1. The number of alkyl halides is 3. The van der Waals surface area contributed by atoms with Crippen LogP contribution in [-0.4, -0.2) is 43.5 Å². The summed E-state index contributed by atoms with van der Waals surface area (Å²) in [5.74, 6) is -7.34. The number of halogens is 6. The van der Waals surface area contributed by atoms with Crippen molar-refractivity contribution < 1.29 is 41.0 Å². The average molecular weight is 464 g/mol. The number of carboxylic acids is 1. The maximum atomic E-state index is 13.8. The smallest absolute Gasteiger partial charge is 0.449 e. The van der Waals surface area contributed by atoms with Crippen LogP contribution >= 0.6 is 0 Å². The maximum Gasteiger partial charge on any atom is 0.449 e. The molecule has 1 aliphatic rings. The topological polar surface area (TPSA) is 101 Å². The van der Waals surface area contributed by atoms with Gasteiger partial charge in [-0.1, -0.05) is 0 Å². The molecular weight excluding hydrogens is 446 g/mol. The molecule has 1 aromatic carbocycles. The molecule has 2 aromatic rings. The van der Waals surface area contributed by atoms with E-state index in [1.165, 1.54) is 6.92 Å². The van der Waals surface area contributed by atoms with E-state index in [4.69, 9.17) is 5.73 Å². The lowest BCUT2D eigenvalue weighted by atomic mass is 10.0. The fourth-order valence-electron chi connectivity index (χ4n) is 3.66. The Balaban J connectivity index is 1.79. The molecule has 3 N–H and O–H groups in total. The van der Waals surface area contributed by atoms with Gasteiger partial charge >= 0.3 is 12.1 Å². The molecule has 0 fully saturated rings. The average Bonchev–Trinajstić information content (AvgIpc) is 3.04. The molecule has 0 radical (unpaired) electrons. The number of nitrogens with two attached hydrogens (primary N) is 1. The molecule has 174 valence electrons. The molecule has 2 atom stereocenters. The fraction of sp³-hybridized carbons (Fsp3) is 0.421. The Morgan fingerprint density at radius 1 is 1.22 bits per heavy atom. The van der Waals surface area contributed by atoms with Gasteiger partial charge in [0, 0.05) is 31.1 Å². The number of fused-ring (bicyclic) bond motifs is 1.